The van der Waals surface area contributed by atoms with Crippen LogP contribution in [0.5, 0.6) is 0 Å². The van der Waals surface area contributed by atoms with E-state index in [1.165, 1.54) is 0 Å². The smallest absolute Gasteiger partial charge is 0.163 e. The molecule has 1 aromatic heterocycles. The molecule has 0 aliphatic carbocycles. The molecule has 2 heteroatoms. The number of thiophene rings is 1. The van der Waals surface area contributed by atoms with Gasteiger partial charge < -0.3 is 0 Å². The van der Waals surface area contributed by atoms with Crippen molar-refractivity contribution in [2.24, 2.45) is 5.92 Å². The number of hydrogen-bond donors (Lipinski definition) is 0. The van der Waals surface area contributed by atoms with Crippen molar-refractivity contribution >= 4 is 17.1 Å². The molecule has 0 saturated heterocycles. The maximum atomic E-state index is 11.7. The average Bonchev–Trinajstić information content (AvgIpc) is 2.50. The summed E-state index contributed by atoms with van der Waals surface area (Å²) in [7, 11) is 0. The molecule has 0 radical (unpaired) electrons. The Balaban J connectivity index is 2.40. The molecule has 0 aromatic carbocycles. The highest BCUT2D eigenvalue weighted by Gasteiger charge is 2.09. The van der Waals surface area contributed by atoms with Crippen LogP contribution in [0, 0.1) is 12.8 Å². The van der Waals surface area contributed by atoms with Gasteiger partial charge in [0.1, 0.15) is 0 Å². The van der Waals surface area contributed by atoms with Crippen LogP contribution in [0.1, 0.15) is 49.0 Å². The topological polar surface area (TPSA) is 17.1 Å². The van der Waals surface area contributed by atoms with Gasteiger partial charge in [-0.05, 0) is 30.2 Å². The predicted molar refractivity (Wildman–Crippen MR) is 62.1 cm³/mol. The van der Waals surface area contributed by atoms with Gasteiger partial charge in [-0.25, -0.2) is 0 Å². The molecule has 0 N–H and O–H groups in total. The van der Waals surface area contributed by atoms with Crippen LogP contribution >= 0.6 is 11.3 Å². The first-order chi connectivity index (χ1) is 6.61. The van der Waals surface area contributed by atoms with Gasteiger partial charge in [0.25, 0.3) is 0 Å². The molecule has 0 bridgehead atoms. The van der Waals surface area contributed by atoms with Gasteiger partial charge in [0.05, 0.1) is 0 Å². The molecule has 0 amide bonds. The standard InChI is InChI=1S/C12H18OS/c1-9(2)5-4-6-12(13)11-8-14-7-10(11)3/h7-9H,4-6H2,1-3H3. The van der Waals surface area contributed by atoms with Crippen LogP contribution in [0.4, 0.5) is 0 Å². The first kappa shape index (κ1) is 11.4. The minimum Gasteiger partial charge on any atom is -0.294 e. The molecule has 0 fully saturated rings. The summed E-state index contributed by atoms with van der Waals surface area (Å²) in [5, 5.41) is 4.00. The zero-order valence-electron chi connectivity index (χ0n) is 9.17. The summed E-state index contributed by atoms with van der Waals surface area (Å²) in [6.45, 7) is 6.40. The molecular weight excluding hydrogens is 192 g/mol. The first-order valence-electron chi connectivity index (χ1n) is 5.17. The highest BCUT2D eigenvalue weighted by molar-refractivity contribution is 7.08. The average molecular weight is 210 g/mol. The van der Waals surface area contributed by atoms with Crippen LogP contribution in [-0.2, 0) is 0 Å². The van der Waals surface area contributed by atoms with E-state index in [1.54, 1.807) is 11.3 Å². The normalized spacial score (nSPS) is 10.9. The fraction of sp³-hybridized carbons (Fsp3) is 0.583. The van der Waals surface area contributed by atoms with E-state index in [0.29, 0.717) is 18.1 Å². The van der Waals surface area contributed by atoms with Crippen LogP contribution in [0.25, 0.3) is 0 Å². The van der Waals surface area contributed by atoms with Crippen molar-refractivity contribution in [1.82, 2.24) is 0 Å². The monoisotopic (exact) mass is 210 g/mol. The summed E-state index contributed by atoms with van der Waals surface area (Å²) in [5.74, 6) is 1.01. The van der Waals surface area contributed by atoms with Crippen LogP contribution in [0.3, 0.4) is 0 Å². The van der Waals surface area contributed by atoms with E-state index in [9.17, 15) is 4.79 Å². The Morgan fingerprint density at radius 2 is 2.14 bits per heavy atom. The van der Waals surface area contributed by atoms with Crippen LogP contribution in [-0.4, -0.2) is 5.78 Å². The largest absolute Gasteiger partial charge is 0.294 e. The number of carbonyl (C=O) groups is 1. The first-order valence-corrected chi connectivity index (χ1v) is 6.11. The second-order valence-electron chi connectivity index (χ2n) is 4.18. The zero-order valence-corrected chi connectivity index (χ0v) is 9.99. The summed E-state index contributed by atoms with van der Waals surface area (Å²) in [6.07, 6.45) is 2.87. The van der Waals surface area contributed by atoms with Gasteiger partial charge in [-0.1, -0.05) is 20.3 Å². The number of ketones is 1. The Kier molecular flexibility index (Phi) is 4.33. The third-order valence-corrected chi connectivity index (χ3v) is 3.20. The zero-order chi connectivity index (χ0) is 10.6. The van der Waals surface area contributed by atoms with Crippen molar-refractivity contribution in [3.05, 3.63) is 21.9 Å². The van der Waals surface area contributed by atoms with Crippen LogP contribution in [0.2, 0.25) is 0 Å². The molecule has 14 heavy (non-hydrogen) atoms. The van der Waals surface area contributed by atoms with Gasteiger partial charge in [-0.15, -0.1) is 0 Å². The predicted octanol–water partition coefficient (Wildman–Crippen LogP) is 4.07. The van der Waals surface area contributed by atoms with Crippen molar-refractivity contribution in [2.45, 2.75) is 40.0 Å². The lowest BCUT2D eigenvalue weighted by Crippen LogP contribution is -2.00. The quantitative estimate of drug-likeness (QED) is 0.670. The van der Waals surface area contributed by atoms with Crippen molar-refractivity contribution < 1.29 is 4.79 Å². The van der Waals surface area contributed by atoms with Gasteiger partial charge >= 0.3 is 0 Å². The highest BCUT2D eigenvalue weighted by Crippen LogP contribution is 2.17. The lowest BCUT2D eigenvalue weighted by Gasteiger charge is -2.03. The number of aryl methyl sites for hydroxylation is 1. The summed E-state index contributed by atoms with van der Waals surface area (Å²) in [6, 6.07) is 0. The molecular formula is C12H18OS. The number of rotatable bonds is 5. The van der Waals surface area contributed by atoms with Crippen molar-refractivity contribution in [1.29, 1.82) is 0 Å². The fourth-order valence-electron chi connectivity index (χ4n) is 1.45. The fourth-order valence-corrected chi connectivity index (χ4v) is 2.30. The SMILES string of the molecule is Cc1cscc1C(=O)CCCC(C)C. The van der Waals surface area contributed by atoms with Gasteiger partial charge in [-0.3, -0.25) is 4.79 Å². The molecule has 0 aliphatic heterocycles. The van der Waals surface area contributed by atoms with Crippen LogP contribution < -0.4 is 0 Å². The van der Waals surface area contributed by atoms with E-state index in [4.69, 9.17) is 0 Å². The summed E-state index contributed by atoms with van der Waals surface area (Å²) < 4.78 is 0. The molecule has 1 heterocycles. The summed E-state index contributed by atoms with van der Waals surface area (Å²) in [5.41, 5.74) is 2.06. The minimum atomic E-state index is 0.310. The Morgan fingerprint density at radius 1 is 1.43 bits per heavy atom. The highest BCUT2D eigenvalue weighted by atomic mass is 32.1. The van der Waals surface area contributed by atoms with Gasteiger partial charge in [0, 0.05) is 17.4 Å². The molecule has 0 spiro atoms. The lowest BCUT2D eigenvalue weighted by molar-refractivity contribution is 0.0978. The Labute approximate surface area is 90.2 Å². The molecule has 1 nitrogen and oxygen atoms in total. The number of hydrogen-bond acceptors (Lipinski definition) is 2. The van der Waals surface area contributed by atoms with Crippen molar-refractivity contribution in [3.8, 4) is 0 Å². The van der Waals surface area contributed by atoms with E-state index in [0.717, 1.165) is 24.0 Å². The van der Waals surface area contributed by atoms with E-state index in [1.807, 2.05) is 17.7 Å². The Bertz CT molecular complexity index is 299. The third kappa shape index (κ3) is 3.26. The third-order valence-electron chi connectivity index (χ3n) is 2.34. The molecule has 78 valence electrons. The maximum Gasteiger partial charge on any atom is 0.163 e. The Hall–Kier alpha value is -0.630. The van der Waals surface area contributed by atoms with Gasteiger partial charge in [-0.2, -0.15) is 11.3 Å². The van der Waals surface area contributed by atoms with E-state index in [2.05, 4.69) is 13.8 Å². The second kappa shape index (κ2) is 5.30. The molecule has 0 saturated carbocycles. The van der Waals surface area contributed by atoms with E-state index in [-0.39, 0.29) is 0 Å². The number of Topliss-reactive ketones (excluding diaryl/α,β-unsaturated/α-hetero) is 1. The summed E-state index contributed by atoms with van der Waals surface area (Å²) in [4.78, 5) is 11.7. The summed E-state index contributed by atoms with van der Waals surface area (Å²) >= 11 is 1.61. The number of carbonyl (C=O) groups excluding carboxylic acids is 1. The maximum absolute atomic E-state index is 11.7. The minimum absolute atomic E-state index is 0.310. The van der Waals surface area contributed by atoms with E-state index >= 15 is 0 Å². The molecule has 1 aromatic rings. The molecule has 0 unspecified atom stereocenters. The molecule has 0 aliphatic rings. The van der Waals surface area contributed by atoms with Gasteiger partial charge in [0.2, 0.25) is 0 Å². The molecule has 0 atom stereocenters. The van der Waals surface area contributed by atoms with Crippen LogP contribution in [0.15, 0.2) is 10.8 Å². The van der Waals surface area contributed by atoms with E-state index < -0.39 is 0 Å². The second-order valence-corrected chi connectivity index (χ2v) is 4.92. The lowest BCUT2D eigenvalue weighted by atomic mass is 10.0. The molecule has 1 rings (SSSR count). The van der Waals surface area contributed by atoms with Gasteiger partial charge in [0.15, 0.2) is 5.78 Å². The van der Waals surface area contributed by atoms with Crippen molar-refractivity contribution in [2.75, 3.05) is 0 Å². The Morgan fingerprint density at radius 3 is 2.64 bits per heavy atom. The van der Waals surface area contributed by atoms with Crippen molar-refractivity contribution in [3.63, 3.8) is 0 Å².